The van der Waals surface area contributed by atoms with E-state index in [1.807, 2.05) is 0 Å². The molecule has 1 fully saturated rings. The number of nitrogens with two attached hydrogens (primary N) is 2. The minimum atomic E-state index is 0.466. The van der Waals surface area contributed by atoms with E-state index in [0.29, 0.717) is 5.23 Å². The average Bonchev–Trinajstić information content (AvgIpc) is 2.32. The summed E-state index contributed by atoms with van der Waals surface area (Å²) in [6.07, 6.45) is 0. The predicted molar refractivity (Wildman–Crippen MR) is 34.8 cm³/mol. The van der Waals surface area contributed by atoms with Gasteiger partial charge in [-0.25, -0.2) is 11.1 Å². The van der Waals surface area contributed by atoms with Gasteiger partial charge < -0.3 is 5.53 Å². The van der Waals surface area contributed by atoms with Crippen LogP contribution in [-0.4, -0.2) is 17.5 Å². The van der Waals surface area contributed by atoms with Gasteiger partial charge in [-0.15, -0.1) is 5.53 Å². The van der Waals surface area contributed by atoms with Crippen molar-refractivity contribution in [3.8, 4) is 0 Å². The lowest BCUT2D eigenvalue weighted by Gasteiger charge is -2.24. The normalized spacial score (nSPS) is 28.1. The van der Waals surface area contributed by atoms with Gasteiger partial charge in [0.05, 0.1) is 0 Å². The Bertz CT molecular complexity index is 111. The zero-order valence-electron chi connectivity index (χ0n) is 6.00. The molecule has 0 aliphatic carbocycles. The number of hydrogen-bond donors (Lipinski definition) is 7. The van der Waals surface area contributed by atoms with E-state index in [0.717, 1.165) is 0 Å². The van der Waals surface area contributed by atoms with Crippen molar-refractivity contribution in [3.63, 3.8) is 0 Å². The standard InChI is InChI=1S/CH12N10/c1-4-11-8-10(6-5-2)7-9(11)3/h4-7,11H,2-3H2,1H3. The molecule has 0 aromatic heterocycles. The van der Waals surface area contributed by atoms with Crippen LogP contribution in [0.4, 0.5) is 0 Å². The Morgan fingerprint density at radius 2 is 2.36 bits per heavy atom. The highest BCUT2D eigenvalue weighted by Crippen LogP contribution is 1.81. The molecule has 1 unspecified atom stereocenters. The quantitative estimate of drug-likeness (QED) is 0.163. The topological polar surface area (TPSA) is 125 Å². The average molecular weight is 164 g/mol. The lowest BCUT2D eigenvalue weighted by molar-refractivity contribution is -1.02. The smallest absolute Gasteiger partial charge is 0.0346 e. The summed E-state index contributed by atoms with van der Waals surface area (Å²) < 4.78 is 0. The highest BCUT2D eigenvalue weighted by molar-refractivity contribution is 4.46. The molecule has 1 atom stereocenters. The molecule has 1 heterocycles. The van der Waals surface area contributed by atoms with Gasteiger partial charge in [0.2, 0.25) is 0 Å². The Hall–Kier alpha value is -0.400. The predicted octanol–water partition coefficient (Wildman–Crippen LogP) is -5.08. The molecule has 0 aromatic rings. The third kappa shape index (κ3) is 2.01. The Kier molecular flexibility index (Phi) is 3.03. The van der Waals surface area contributed by atoms with Crippen LogP contribution in [0.1, 0.15) is 0 Å². The zero-order valence-corrected chi connectivity index (χ0v) is 6.00. The van der Waals surface area contributed by atoms with Crippen LogP contribution in [0, 0.1) is 0 Å². The van der Waals surface area contributed by atoms with Gasteiger partial charge in [-0.05, 0) is 0 Å². The van der Waals surface area contributed by atoms with Crippen molar-refractivity contribution < 1.29 is 5.23 Å². The second kappa shape index (κ2) is 3.84. The molecule has 0 bridgehead atoms. The van der Waals surface area contributed by atoms with Gasteiger partial charge >= 0.3 is 0 Å². The fraction of sp³-hybridized carbons (Fsp3) is 1.00. The van der Waals surface area contributed by atoms with E-state index in [1.165, 1.54) is 10.5 Å². The molecule has 9 N–H and O–H groups in total. The van der Waals surface area contributed by atoms with Crippen LogP contribution in [0.2, 0.25) is 0 Å². The maximum absolute atomic E-state index is 5.39. The lowest BCUT2D eigenvalue weighted by Crippen LogP contribution is -3.20. The number of hydrogen-bond acceptors (Lipinski definition) is 8. The Morgan fingerprint density at radius 3 is 2.82 bits per heavy atom. The van der Waals surface area contributed by atoms with Crippen LogP contribution in [0.15, 0.2) is 0 Å². The summed E-state index contributed by atoms with van der Waals surface area (Å²) in [5, 5.41) is 2.85. The fourth-order valence-electron chi connectivity index (χ4n) is 0.596. The lowest BCUT2D eigenvalue weighted by atomic mass is 11.5. The molecule has 11 heavy (non-hydrogen) atoms. The molecule has 0 aromatic carbocycles. The van der Waals surface area contributed by atoms with Crippen molar-refractivity contribution >= 4 is 0 Å². The highest BCUT2D eigenvalue weighted by atomic mass is 16.3. The van der Waals surface area contributed by atoms with Crippen molar-refractivity contribution in [1.29, 1.82) is 0 Å². The van der Waals surface area contributed by atoms with E-state index in [1.54, 1.807) is 7.05 Å². The van der Waals surface area contributed by atoms with Crippen LogP contribution in [0.5, 0.6) is 0 Å². The van der Waals surface area contributed by atoms with Gasteiger partial charge in [0, 0.05) is 12.3 Å². The third-order valence-electron chi connectivity index (χ3n) is 1.02. The summed E-state index contributed by atoms with van der Waals surface area (Å²) in [6, 6.07) is 0. The van der Waals surface area contributed by atoms with Crippen molar-refractivity contribution in [2.75, 3.05) is 7.05 Å². The largest absolute Gasteiger partial charge is 0.309 e. The van der Waals surface area contributed by atoms with Crippen LogP contribution in [0.25, 0.3) is 5.53 Å². The number of hydrazine groups is 6. The molecule has 0 amide bonds. The summed E-state index contributed by atoms with van der Waals surface area (Å²) in [4.78, 5) is 0. The molecule has 0 saturated carbocycles. The van der Waals surface area contributed by atoms with Crippen molar-refractivity contribution in [2.45, 2.75) is 0 Å². The molecule has 66 valence electrons. The first-order chi connectivity index (χ1) is 5.27. The SMILES string of the molecule is CN[NH+]1[N-]N(NNN)NN1N. The van der Waals surface area contributed by atoms with Gasteiger partial charge in [-0.3, -0.25) is 5.84 Å². The van der Waals surface area contributed by atoms with Crippen molar-refractivity contribution in [1.82, 2.24) is 32.5 Å². The fourth-order valence-corrected chi connectivity index (χ4v) is 0.596. The first-order valence-electron chi connectivity index (χ1n) is 2.86. The van der Waals surface area contributed by atoms with E-state index in [9.17, 15) is 0 Å². The number of nitrogens with zero attached hydrogens (tertiary/aromatic N) is 3. The summed E-state index contributed by atoms with van der Waals surface area (Å²) in [5.74, 6) is 10.3. The van der Waals surface area contributed by atoms with Crippen molar-refractivity contribution in [3.05, 3.63) is 5.53 Å². The molecule has 1 aliphatic rings. The van der Waals surface area contributed by atoms with E-state index in [2.05, 4.69) is 27.6 Å². The van der Waals surface area contributed by atoms with Gasteiger partial charge in [0.1, 0.15) is 0 Å². The minimum Gasteiger partial charge on any atom is -0.309 e. The van der Waals surface area contributed by atoms with E-state index < -0.39 is 0 Å². The number of nitrogens with one attached hydrogen (secondary N) is 5. The van der Waals surface area contributed by atoms with Crippen LogP contribution in [0.3, 0.4) is 0 Å². The minimum absolute atomic E-state index is 0.466. The van der Waals surface area contributed by atoms with E-state index in [-0.39, 0.29) is 0 Å². The van der Waals surface area contributed by atoms with E-state index >= 15 is 0 Å². The molecular formula is CH12N10. The van der Waals surface area contributed by atoms with Crippen LogP contribution < -0.4 is 38.9 Å². The molecule has 0 spiro atoms. The van der Waals surface area contributed by atoms with E-state index in [4.69, 9.17) is 11.7 Å². The van der Waals surface area contributed by atoms with Crippen molar-refractivity contribution in [2.24, 2.45) is 11.7 Å². The maximum Gasteiger partial charge on any atom is 0.0346 e. The molecule has 10 heteroatoms. The first kappa shape index (κ1) is 8.69. The summed E-state index contributed by atoms with van der Waals surface area (Å²) >= 11 is 0. The maximum atomic E-state index is 5.39. The Labute approximate surface area is 63.1 Å². The molecule has 0 radical (unpaired) electrons. The monoisotopic (exact) mass is 164 g/mol. The molecule has 1 aliphatic heterocycles. The summed E-state index contributed by atoms with van der Waals surface area (Å²) in [6.45, 7) is 0. The van der Waals surface area contributed by atoms with Gasteiger partial charge in [0.25, 0.3) is 0 Å². The number of quaternary nitrogens is 1. The molecular weight excluding hydrogens is 152 g/mol. The Balaban J connectivity index is 2.30. The second-order valence-corrected chi connectivity index (χ2v) is 1.71. The summed E-state index contributed by atoms with van der Waals surface area (Å²) in [7, 11) is 1.69. The summed E-state index contributed by atoms with van der Waals surface area (Å²) in [5.41, 5.74) is 13.8. The highest BCUT2D eigenvalue weighted by Gasteiger charge is 2.17. The molecule has 1 rings (SSSR count). The molecule has 1 saturated heterocycles. The van der Waals surface area contributed by atoms with Gasteiger partial charge in [0.15, 0.2) is 0 Å². The van der Waals surface area contributed by atoms with Crippen LogP contribution >= 0.6 is 0 Å². The van der Waals surface area contributed by atoms with Gasteiger partial charge in [-0.2, -0.15) is 21.7 Å². The zero-order chi connectivity index (χ0) is 8.27. The Morgan fingerprint density at radius 1 is 1.64 bits per heavy atom. The number of rotatable bonds is 3. The van der Waals surface area contributed by atoms with Gasteiger partial charge in [-0.1, -0.05) is 0 Å². The first-order valence-corrected chi connectivity index (χ1v) is 2.86. The second-order valence-electron chi connectivity index (χ2n) is 1.71. The van der Waals surface area contributed by atoms with Crippen LogP contribution in [-0.2, 0) is 0 Å². The molecule has 10 nitrogen and oxygen atoms in total. The third-order valence-corrected chi connectivity index (χ3v) is 1.02.